The number of hydrogen-bond donors (Lipinski definition) is 2. The molecule has 0 aliphatic carbocycles. The van der Waals surface area contributed by atoms with Crippen molar-refractivity contribution in [3.8, 4) is 0 Å². The number of carbonyl (C=O) groups excluding carboxylic acids is 1. The molecular weight excluding hydrogens is 224 g/mol. The molecule has 4 N–H and O–H groups in total. The molecule has 0 saturated carbocycles. The third-order valence-electron chi connectivity index (χ3n) is 2.14. The monoisotopic (exact) mass is 240 g/mol. The number of rotatable bonds is 5. The predicted octanol–water partition coefficient (Wildman–Crippen LogP) is 0.0563. The van der Waals surface area contributed by atoms with Crippen LogP contribution in [0.25, 0.3) is 0 Å². The van der Waals surface area contributed by atoms with Gasteiger partial charge in [0.15, 0.2) is 0 Å². The summed E-state index contributed by atoms with van der Waals surface area (Å²) in [6.07, 6.45) is 0. The first-order valence-corrected chi connectivity index (χ1v) is 6.43. The summed E-state index contributed by atoms with van der Waals surface area (Å²) < 4.78 is 11.7. The molecule has 2 atom stereocenters. The molecule has 0 aliphatic rings. The molecule has 0 fully saturated rings. The van der Waals surface area contributed by atoms with E-state index in [4.69, 9.17) is 11.5 Å². The van der Waals surface area contributed by atoms with E-state index >= 15 is 0 Å². The van der Waals surface area contributed by atoms with Crippen LogP contribution in [0.4, 0.5) is 0 Å². The van der Waals surface area contributed by atoms with Gasteiger partial charge in [0.2, 0.25) is 5.91 Å². The van der Waals surface area contributed by atoms with Crippen LogP contribution in [0, 0.1) is 6.92 Å². The number of carbonyl (C=O) groups is 1. The van der Waals surface area contributed by atoms with Crippen LogP contribution in [0.2, 0.25) is 0 Å². The van der Waals surface area contributed by atoms with Gasteiger partial charge in [0, 0.05) is 22.3 Å². The van der Waals surface area contributed by atoms with Crippen molar-refractivity contribution in [2.45, 2.75) is 18.7 Å². The van der Waals surface area contributed by atoms with E-state index in [2.05, 4.69) is 0 Å². The van der Waals surface area contributed by atoms with E-state index in [0.29, 0.717) is 5.75 Å². The largest absolute Gasteiger partial charge is 0.368 e. The molecule has 0 radical (unpaired) electrons. The quantitative estimate of drug-likeness (QED) is 0.763. The van der Waals surface area contributed by atoms with Crippen molar-refractivity contribution >= 4 is 16.7 Å². The van der Waals surface area contributed by atoms with Crippen LogP contribution < -0.4 is 11.5 Å². The van der Waals surface area contributed by atoms with Gasteiger partial charge in [-0.1, -0.05) is 29.8 Å². The molecule has 0 bridgehead atoms. The van der Waals surface area contributed by atoms with Crippen LogP contribution in [0.15, 0.2) is 24.3 Å². The van der Waals surface area contributed by atoms with E-state index in [-0.39, 0.29) is 5.75 Å². The van der Waals surface area contributed by atoms with Crippen molar-refractivity contribution < 1.29 is 9.00 Å². The first kappa shape index (κ1) is 12.9. The molecule has 1 rings (SSSR count). The van der Waals surface area contributed by atoms with Gasteiger partial charge in [-0.3, -0.25) is 9.00 Å². The molecule has 0 aliphatic heterocycles. The second-order valence-electron chi connectivity index (χ2n) is 3.75. The van der Waals surface area contributed by atoms with Crippen LogP contribution >= 0.6 is 0 Å². The van der Waals surface area contributed by atoms with E-state index in [1.807, 2.05) is 31.2 Å². The summed E-state index contributed by atoms with van der Waals surface area (Å²) in [5, 5.41) is 0. The van der Waals surface area contributed by atoms with Gasteiger partial charge in [0.25, 0.3) is 0 Å². The lowest BCUT2D eigenvalue weighted by atomic mass is 10.2. The smallest absolute Gasteiger partial charge is 0.235 e. The van der Waals surface area contributed by atoms with Crippen LogP contribution in [-0.4, -0.2) is 21.9 Å². The maximum absolute atomic E-state index is 11.7. The number of amides is 1. The topological polar surface area (TPSA) is 86.2 Å². The second kappa shape index (κ2) is 5.77. The first-order valence-electron chi connectivity index (χ1n) is 4.94. The Morgan fingerprint density at radius 3 is 2.75 bits per heavy atom. The maximum atomic E-state index is 11.7. The zero-order valence-electron chi connectivity index (χ0n) is 9.18. The highest BCUT2D eigenvalue weighted by molar-refractivity contribution is 7.84. The van der Waals surface area contributed by atoms with Gasteiger partial charge in [0.1, 0.15) is 0 Å². The minimum Gasteiger partial charge on any atom is -0.368 e. The van der Waals surface area contributed by atoms with Crippen molar-refractivity contribution in [2.75, 3.05) is 5.75 Å². The lowest BCUT2D eigenvalue weighted by Gasteiger charge is -2.07. The predicted molar refractivity (Wildman–Crippen MR) is 65.1 cm³/mol. The average Bonchev–Trinajstić information content (AvgIpc) is 2.16. The number of primary amides is 1. The van der Waals surface area contributed by atoms with Crippen LogP contribution in [0.5, 0.6) is 0 Å². The summed E-state index contributed by atoms with van der Waals surface area (Å²) in [5.74, 6) is -0.0936. The molecule has 0 aromatic heterocycles. The Morgan fingerprint density at radius 1 is 1.50 bits per heavy atom. The summed E-state index contributed by atoms with van der Waals surface area (Å²) >= 11 is 0. The molecule has 0 heterocycles. The standard InChI is InChI=1S/C11H16N2O2S/c1-8-3-2-4-9(5-8)6-16(15)7-10(12)11(13)14/h2-5,10H,6-7,12H2,1H3,(H2,13,14). The highest BCUT2D eigenvalue weighted by Gasteiger charge is 2.13. The normalized spacial score (nSPS) is 14.4. The molecule has 16 heavy (non-hydrogen) atoms. The SMILES string of the molecule is Cc1cccc(CS(=O)CC(N)C(N)=O)c1. The zero-order chi connectivity index (χ0) is 12.1. The Balaban J connectivity index is 2.55. The minimum absolute atomic E-state index is 0.114. The summed E-state index contributed by atoms with van der Waals surface area (Å²) in [6.45, 7) is 1.97. The van der Waals surface area contributed by atoms with Gasteiger partial charge in [-0.2, -0.15) is 0 Å². The molecule has 0 saturated heterocycles. The van der Waals surface area contributed by atoms with Crippen molar-refractivity contribution in [2.24, 2.45) is 11.5 Å². The van der Waals surface area contributed by atoms with Gasteiger partial charge in [-0.05, 0) is 12.5 Å². The van der Waals surface area contributed by atoms with Crippen LogP contribution in [-0.2, 0) is 21.3 Å². The minimum atomic E-state index is -1.16. The van der Waals surface area contributed by atoms with Crippen LogP contribution in [0.3, 0.4) is 0 Å². The molecule has 1 amide bonds. The Labute approximate surface area is 97.5 Å². The van der Waals surface area contributed by atoms with Gasteiger partial charge in [-0.25, -0.2) is 0 Å². The van der Waals surface area contributed by atoms with E-state index in [9.17, 15) is 9.00 Å². The lowest BCUT2D eigenvalue weighted by Crippen LogP contribution is -2.40. The van der Waals surface area contributed by atoms with Crippen molar-refractivity contribution in [3.63, 3.8) is 0 Å². The van der Waals surface area contributed by atoms with E-state index < -0.39 is 22.7 Å². The van der Waals surface area contributed by atoms with E-state index in [1.54, 1.807) is 0 Å². The average molecular weight is 240 g/mol. The first-order chi connectivity index (χ1) is 7.49. The van der Waals surface area contributed by atoms with Crippen molar-refractivity contribution in [1.82, 2.24) is 0 Å². The number of hydrogen-bond acceptors (Lipinski definition) is 3. The fourth-order valence-corrected chi connectivity index (χ4v) is 2.56. The van der Waals surface area contributed by atoms with Gasteiger partial charge >= 0.3 is 0 Å². The molecule has 2 unspecified atom stereocenters. The summed E-state index contributed by atoms with van der Waals surface area (Å²) in [6, 6.07) is 6.93. The third kappa shape index (κ3) is 4.12. The number of nitrogens with two attached hydrogens (primary N) is 2. The Bertz CT molecular complexity index is 407. The van der Waals surface area contributed by atoms with Crippen LogP contribution in [0.1, 0.15) is 11.1 Å². The Morgan fingerprint density at radius 2 is 2.19 bits per heavy atom. The zero-order valence-corrected chi connectivity index (χ0v) is 10.00. The van der Waals surface area contributed by atoms with E-state index in [0.717, 1.165) is 11.1 Å². The highest BCUT2D eigenvalue weighted by atomic mass is 32.2. The number of benzene rings is 1. The maximum Gasteiger partial charge on any atom is 0.235 e. The molecule has 0 spiro atoms. The molecule has 88 valence electrons. The van der Waals surface area contributed by atoms with Gasteiger partial charge < -0.3 is 11.5 Å². The van der Waals surface area contributed by atoms with Crippen molar-refractivity contribution in [3.05, 3.63) is 35.4 Å². The lowest BCUT2D eigenvalue weighted by molar-refractivity contribution is -0.118. The third-order valence-corrected chi connectivity index (χ3v) is 3.53. The highest BCUT2D eigenvalue weighted by Crippen LogP contribution is 2.07. The molecule has 4 nitrogen and oxygen atoms in total. The number of aryl methyl sites for hydroxylation is 1. The Hall–Kier alpha value is -1.20. The molecule has 1 aromatic rings. The Kier molecular flexibility index (Phi) is 4.64. The molecule has 5 heteroatoms. The van der Waals surface area contributed by atoms with E-state index in [1.165, 1.54) is 0 Å². The summed E-state index contributed by atoms with van der Waals surface area (Å²) in [4.78, 5) is 10.7. The summed E-state index contributed by atoms with van der Waals surface area (Å²) in [7, 11) is -1.16. The van der Waals surface area contributed by atoms with Gasteiger partial charge in [0.05, 0.1) is 6.04 Å². The summed E-state index contributed by atoms with van der Waals surface area (Å²) in [5.41, 5.74) is 12.5. The fourth-order valence-electron chi connectivity index (χ4n) is 1.33. The van der Waals surface area contributed by atoms with Crippen molar-refractivity contribution in [1.29, 1.82) is 0 Å². The second-order valence-corrected chi connectivity index (χ2v) is 5.25. The van der Waals surface area contributed by atoms with Gasteiger partial charge in [-0.15, -0.1) is 0 Å². The fraction of sp³-hybridized carbons (Fsp3) is 0.364. The molecule has 1 aromatic carbocycles. The molecular formula is C11H16N2O2S.